The van der Waals surface area contributed by atoms with Crippen molar-refractivity contribution < 1.29 is 23.9 Å². The maximum atomic E-state index is 12.9. The summed E-state index contributed by atoms with van der Waals surface area (Å²) in [6, 6.07) is 15.1. The lowest BCUT2D eigenvalue weighted by Crippen LogP contribution is -2.51. The van der Waals surface area contributed by atoms with Gasteiger partial charge in [0.1, 0.15) is 18.2 Å². The standard InChI is InChI=1S/C22H25N3O5/c1-22(2,3)30-20(27)24-17-13-25(18-12-8-7-11-16(18)23-19(17)26)21(28)29-14-15-9-5-4-6-10-15/h4-12,17H,13-14H2,1-3H3,(H,23,26)(H,24,27). The van der Waals surface area contributed by atoms with E-state index >= 15 is 0 Å². The molecule has 1 unspecified atom stereocenters. The number of nitrogens with zero attached hydrogens (tertiary/aromatic N) is 1. The van der Waals surface area contributed by atoms with Gasteiger partial charge in [-0.2, -0.15) is 0 Å². The van der Waals surface area contributed by atoms with E-state index in [1.54, 1.807) is 45.0 Å². The van der Waals surface area contributed by atoms with Crippen LogP contribution in [-0.4, -0.2) is 36.3 Å². The largest absolute Gasteiger partial charge is 0.444 e. The number of alkyl carbamates (subject to hydrolysis) is 1. The highest BCUT2D eigenvalue weighted by Crippen LogP contribution is 2.29. The molecular weight excluding hydrogens is 386 g/mol. The van der Waals surface area contributed by atoms with Crippen LogP contribution in [0.2, 0.25) is 0 Å². The lowest BCUT2D eigenvalue weighted by atomic mass is 10.2. The lowest BCUT2D eigenvalue weighted by molar-refractivity contribution is -0.117. The Morgan fingerprint density at radius 1 is 1.10 bits per heavy atom. The number of fused-ring (bicyclic) bond motifs is 1. The molecule has 3 rings (SSSR count). The first-order valence-corrected chi connectivity index (χ1v) is 9.60. The Bertz CT molecular complexity index is 924. The van der Waals surface area contributed by atoms with Crippen molar-refractivity contribution in [3.05, 3.63) is 60.2 Å². The topological polar surface area (TPSA) is 97.0 Å². The molecule has 0 radical (unpaired) electrons. The van der Waals surface area contributed by atoms with Gasteiger partial charge in [0.15, 0.2) is 0 Å². The van der Waals surface area contributed by atoms with E-state index in [2.05, 4.69) is 10.6 Å². The first-order valence-electron chi connectivity index (χ1n) is 9.60. The fourth-order valence-electron chi connectivity index (χ4n) is 2.93. The van der Waals surface area contributed by atoms with E-state index in [4.69, 9.17) is 9.47 Å². The number of benzene rings is 2. The molecule has 158 valence electrons. The summed E-state index contributed by atoms with van der Waals surface area (Å²) >= 11 is 0. The van der Waals surface area contributed by atoms with Crippen LogP contribution < -0.4 is 15.5 Å². The number of anilines is 2. The molecule has 8 heteroatoms. The molecule has 3 amide bonds. The Hall–Kier alpha value is -3.55. The summed E-state index contributed by atoms with van der Waals surface area (Å²) in [6.07, 6.45) is -1.37. The van der Waals surface area contributed by atoms with Crippen LogP contribution in [0.15, 0.2) is 54.6 Å². The van der Waals surface area contributed by atoms with Crippen LogP contribution in [0.3, 0.4) is 0 Å². The molecule has 0 fully saturated rings. The van der Waals surface area contributed by atoms with Crippen LogP contribution in [0.4, 0.5) is 21.0 Å². The summed E-state index contributed by atoms with van der Waals surface area (Å²) in [5, 5.41) is 5.28. The smallest absolute Gasteiger partial charge is 0.414 e. The van der Waals surface area contributed by atoms with Crippen LogP contribution in [0.1, 0.15) is 26.3 Å². The molecule has 1 aliphatic heterocycles. The van der Waals surface area contributed by atoms with Crippen molar-refractivity contribution in [3.63, 3.8) is 0 Å². The Morgan fingerprint density at radius 2 is 1.77 bits per heavy atom. The second-order valence-electron chi connectivity index (χ2n) is 7.86. The molecule has 2 N–H and O–H groups in total. The summed E-state index contributed by atoms with van der Waals surface area (Å²) in [5.41, 5.74) is 1.05. The van der Waals surface area contributed by atoms with Crippen molar-refractivity contribution in [2.45, 2.75) is 39.0 Å². The van der Waals surface area contributed by atoms with Gasteiger partial charge in [0.2, 0.25) is 5.91 Å². The summed E-state index contributed by atoms with van der Waals surface area (Å²) in [6.45, 7) is 5.16. The van der Waals surface area contributed by atoms with Gasteiger partial charge in [0, 0.05) is 0 Å². The van der Waals surface area contributed by atoms with E-state index in [9.17, 15) is 14.4 Å². The quantitative estimate of drug-likeness (QED) is 0.803. The highest BCUT2D eigenvalue weighted by atomic mass is 16.6. The number of carbonyl (C=O) groups is 3. The average molecular weight is 411 g/mol. The first-order chi connectivity index (χ1) is 14.2. The zero-order valence-corrected chi connectivity index (χ0v) is 17.2. The van der Waals surface area contributed by atoms with E-state index in [1.807, 2.05) is 30.3 Å². The number of hydrogen-bond acceptors (Lipinski definition) is 5. The molecule has 8 nitrogen and oxygen atoms in total. The van der Waals surface area contributed by atoms with E-state index in [1.165, 1.54) is 4.90 Å². The molecule has 30 heavy (non-hydrogen) atoms. The van der Waals surface area contributed by atoms with Gasteiger partial charge in [0.25, 0.3) is 0 Å². The van der Waals surface area contributed by atoms with Crippen molar-refractivity contribution in [3.8, 4) is 0 Å². The van der Waals surface area contributed by atoms with Crippen molar-refractivity contribution in [2.24, 2.45) is 0 Å². The maximum absolute atomic E-state index is 12.9. The summed E-state index contributed by atoms with van der Waals surface area (Å²) in [5.74, 6) is -0.452. The van der Waals surface area contributed by atoms with E-state index in [-0.39, 0.29) is 13.2 Å². The monoisotopic (exact) mass is 411 g/mol. The van der Waals surface area contributed by atoms with Gasteiger partial charge in [-0.3, -0.25) is 9.69 Å². The first kappa shape index (κ1) is 21.2. The molecule has 0 bridgehead atoms. The fraction of sp³-hybridized carbons (Fsp3) is 0.318. The summed E-state index contributed by atoms with van der Waals surface area (Å²) < 4.78 is 10.7. The fourth-order valence-corrected chi connectivity index (χ4v) is 2.93. The highest BCUT2D eigenvalue weighted by Gasteiger charge is 2.34. The molecular formula is C22H25N3O5. The van der Waals surface area contributed by atoms with Gasteiger partial charge < -0.3 is 20.1 Å². The molecule has 1 atom stereocenters. The van der Waals surface area contributed by atoms with Crippen molar-refractivity contribution in [1.82, 2.24) is 5.32 Å². The number of ether oxygens (including phenoxy) is 2. The SMILES string of the molecule is CC(C)(C)OC(=O)NC1CN(C(=O)OCc2ccccc2)c2ccccc2NC1=O. The molecule has 0 saturated heterocycles. The van der Waals surface area contributed by atoms with E-state index < -0.39 is 29.7 Å². The second-order valence-corrected chi connectivity index (χ2v) is 7.86. The van der Waals surface area contributed by atoms with Crippen LogP contribution in [0, 0.1) is 0 Å². The minimum Gasteiger partial charge on any atom is -0.444 e. The Balaban J connectivity index is 1.79. The normalized spacial score (nSPS) is 16.0. The van der Waals surface area contributed by atoms with Gasteiger partial charge in [-0.15, -0.1) is 0 Å². The Kier molecular flexibility index (Phi) is 6.25. The van der Waals surface area contributed by atoms with Crippen LogP contribution in [-0.2, 0) is 20.9 Å². The Labute approximate surface area is 175 Å². The van der Waals surface area contributed by atoms with Gasteiger partial charge in [-0.25, -0.2) is 9.59 Å². The van der Waals surface area contributed by atoms with Crippen molar-refractivity contribution in [1.29, 1.82) is 0 Å². The number of hydrogen-bond donors (Lipinski definition) is 2. The predicted octanol–water partition coefficient (Wildman–Crippen LogP) is 3.68. The number of carbonyl (C=O) groups excluding carboxylic acids is 3. The number of amides is 3. The summed E-state index contributed by atoms with van der Waals surface area (Å²) in [4.78, 5) is 39.1. The van der Waals surface area contributed by atoms with E-state index in [0.717, 1.165) is 5.56 Å². The highest BCUT2D eigenvalue weighted by molar-refractivity contribution is 6.05. The lowest BCUT2D eigenvalue weighted by Gasteiger charge is -2.25. The van der Waals surface area contributed by atoms with Crippen molar-refractivity contribution in [2.75, 3.05) is 16.8 Å². The molecule has 0 aliphatic carbocycles. The number of para-hydroxylation sites is 2. The van der Waals surface area contributed by atoms with Crippen LogP contribution in [0.25, 0.3) is 0 Å². The maximum Gasteiger partial charge on any atom is 0.414 e. The van der Waals surface area contributed by atoms with Gasteiger partial charge in [-0.05, 0) is 38.5 Å². The third-order valence-corrected chi connectivity index (χ3v) is 4.25. The third-order valence-electron chi connectivity index (χ3n) is 4.25. The zero-order valence-electron chi connectivity index (χ0n) is 17.2. The predicted molar refractivity (Wildman–Crippen MR) is 112 cm³/mol. The molecule has 1 aliphatic rings. The number of rotatable bonds is 3. The van der Waals surface area contributed by atoms with E-state index in [0.29, 0.717) is 11.4 Å². The van der Waals surface area contributed by atoms with Gasteiger partial charge in [-0.1, -0.05) is 42.5 Å². The molecule has 0 saturated carbocycles. The van der Waals surface area contributed by atoms with Gasteiger partial charge >= 0.3 is 12.2 Å². The Morgan fingerprint density at radius 3 is 2.47 bits per heavy atom. The third kappa shape index (κ3) is 5.50. The minimum absolute atomic E-state index is 0.0872. The van der Waals surface area contributed by atoms with Gasteiger partial charge in [0.05, 0.1) is 17.9 Å². The minimum atomic E-state index is -1.02. The van der Waals surface area contributed by atoms with Crippen molar-refractivity contribution >= 4 is 29.5 Å². The molecule has 0 aromatic heterocycles. The molecule has 2 aromatic rings. The second kappa shape index (κ2) is 8.86. The number of nitrogens with one attached hydrogen (secondary N) is 2. The molecule has 0 spiro atoms. The molecule has 1 heterocycles. The van der Waals surface area contributed by atoms with Crippen LogP contribution >= 0.6 is 0 Å². The average Bonchev–Trinajstić information content (AvgIpc) is 2.82. The zero-order chi connectivity index (χ0) is 21.7. The van der Waals surface area contributed by atoms with Crippen LogP contribution in [0.5, 0.6) is 0 Å². The summed E-state index contributed by atoms with van der Waals surface area (Å²) in [7, 11) is 0. The molecule has 2 aromatic carbocycles.